The number of pyridine rings is 1. The Hall–Kier alpha value is -3.52. The van der Waals surface area contributed by atoms with E-state index in [1.165, 1.54) is 0 Å². The zero-order valence-electron chi connectivity index (χ0n) is 16.2. The lowest BCUT2D eigenvalue weighted by atomic mass is 10.3. The van der Waals surface area contributed by atoms with Crippen molar-refractivity contribution in [3.05, 3.63) is 96.7 Å². The van der Waals surface area contributed by atoms with Crippen LogP contribution in [0.1, 0.15) is 11.3 Å². The van der Waals surface area contributed by atoms with Gasteiger partial charge in [-0.05, 0) is 36.4 Å². The molecule has 30 heavy (non-hydrogen) atoms. The molecular formula is C22H21N5O2S. The molecule has 1 N–H and O–H groups in total. The van der Waals surface area contributed by atoms with E-state index in [0.29, 0.717) is 6.54 Å². The molecule has 8 heteroatoms. The molecule has 3 aromatic heterocycles. The van der Waals surface area contributed by atoms with Gasteiger partial charge in [-0.1, -0.05) is 24.3 Å². The number of carbonyl (C=O) groups is 1. The zero-order valence-corrected chi connectivity index (χ0v) is 17.0. The first-order valence-corrected chi connectivity index (χ1v) is 11.0. The van der Waals surface area contributed by atoms with E-state index in [-0.39, 0.29) is 17.4 Å². The average molecular weight is 420 g/mol. The standard InChI is InChI=1S/C22H21N5O2S/c28-21(24-15-19-8-4-5-11-23-19)17-30(29)16-18-14-25-27(20-9-2-1-3-10-20)22(18)26-12-6-7-13-26/h1-14H,15-17H2,(H,24,28)/t30-/m1/s1. The summed E-state index contributed by atoms with van der Waals surface area (Å²) in [6.45, 7) is 0.317. The van der Waals surface area contributed by atoms with Crippen LogP contribution in [0.2, 0.25) is 0 Å². The maximum absolute atomic E-state index is 12.7. The second kappa shape index (κ2) is 9.32. The fourth-order valence-electron chi connectivity index (χ4n) is 3.10. The summed E-state index contributed by atoms with van der Waals surface area (Å²) in [4.78, 5) is 16.4. The lowest BCUT2D eigenvalue weighted by Gasteiger charge is -2.11. The number of nitrogens with zero attached hydrogens (tertiary/aromatic N) is 4. The Morgan fingerprint density at radius 2 is 1.77 bits per heavy atom. The highest BCUT2D eigenvalue weighted by Gasteiger charge is 2.17. The number of hydrogen-bond donors (Lipinski definition) is 1. The molecule has 1 aromatic carbocycles. The maximum Gasteiger partial charge on any atom is 0.232 e. The van der Waals surface area contributed by atoms with Gasteiger partial charge in [-0.3, -0.25) is 14.0 Å². The van der Waals surface area contributed by atoms with Crippen molar-refractivity contribution in [2.75, 3.05) is 5.75 Å². The first-order valence-electron chi connectivity index (χ1n) is 9.48. The van der Waals surface area contributed by atoms with Crippen LogP contribution in [0.15, 0.2) is 85.5 Å². The van der Waals surface area contributed by atoms with Gasteiger partial charge in [0.15, 0.2) is 0 Å². The lowest BCUT2D eigenvalue weighted by Crippen LogP contribution is -2.28. The van der Waals surface area contributed by atoms with Crippen molar-refractivity contribution in [1.82, 2.24) is 24.6 Å². The average Bonchev–Trinajstić information content (AvgIpc) is 3.43. The largest absolute Gasteiger partial charge is 0.350 e. The Bertz CT molecular complexity index is 1130. The molecular weight excluding hydrogens is 398 g/mol. The number of nitrogens with one attached hydrogen (secondary N) is 1. The third kappa shape index (κ3) is 4.72. The normalized spacial score (nSPS) is 11.9. The Morgan fingerprint density at radius 1 is 1.00 bits per heavy atom. The van der Waals surface area contributed by atoms with Crippen LogP contribution in [0, 0.1) is 0 Å². The van der Waals surface area contributed by atoms with Crippen molar-refractivity contribution in [3.63, 3.8) is 0 Å². The second-order valence-corrected chi connectivity index (χ2v) is 8.11. The van der Waals surface area contributed by atoms with E-state index in [1.807, 2.05) is 82.3 Å². The molecule has 0 spiro atoms. The van der Waals surface area contributed by atoms with Crippen LogP contribution in [-0.4, -0.2) is 35.2 Å². The van der Waals surface area contributed by atoms with Gasteiger partial charge < -0.3 is 9.88 Å². The van der Waals surface area contributed by atoms with Crippen LogP contribution < -0.4 is 5.32 Å². The van der Waals surface area contributed by atoms with Crippen molar-refractivity contribution in [1.29, 1.82) is 0 Å². The van der Waals surface area contributed by atoms with Crippen molar-refractivity contribution >= 4 is 16.7 Å². The van der Waals surface area contributed by atoms with Crippen molar-refractivity contribution < 1.29 is 9.00 Å². The molecule has 4 aromatic rings. The molecule has 4 rings (SSSR count). The van der Waals surface area contributed by atoms with E-state index >= 15 is 0 Å². The van der Waals surface area contributed by atoms with Gasteiger partial charge in [0.25, 0.3) is 0 Å². The number of aromatic nitrogens is 4. The molecule has 1 atom stereocenters. The molecule has 1 amide bonds. The first-order chi connectivity index (χ1) is 14.7. The summed E-state index contributed by atoms with van der Waals surface area (Å²) in [6, 6.07) is 19.1. The Kier molecular flexibility index (Phi) is 6.14. The minimum atomic E-state index is -1.37. The SMILES string of the molecule is O=C(C[S@](=O)Cc1cnn(-c2ccccc2)c1-n1cccc1)NCc1ccccn1. The summed E-state index contributed by atoms with van der Waals surface area (Å²) in [7, 11) is -1.37. The molecule has 0 saturated carbocycles. The van der Waals surface area contributed by atoms with Gasteiger partial charge in [-0.15, -0.1) is 0 Å². The monoisotopic (exact) mass is 419 g/mol. The molecule has 152 valence electrons. The van der Waals surface area contributed by atoms with Crippen LogP contribution in [0.25, 0.3) is 11.5 Å². The van der Waals surface area contributed by atoms with Crippen LogP contribution in [0.4, 0.5) is 0 Å². The third-order valence-electron chi connectivity index (χ3n) is 4.47. The molecule has 3 heterocycles. The lowest BCUT2D eigenvalue weighted by molar-refractivity contribution is -0.118. The second-order valence-electron chi connectivity index (χ2n) is 6.66. The van der Waals surface area contributed by atoms with E-state index < -0.39 is 10.8 Å². The smallest absolute Gasteiger partial charge is 0.232 e. The quantitative estimate of drug-likeness (QED) is 0.476. The van der Waals surface area contributed by atoms with E-state index in [9.17, 15) is 9.00 Å². The Balaban J connectivity index is 1.47. The molecule has 0 unspecified atom stereocenters. The van der Waals surface area contributed by atoms with Gasteiger partial charge in [0.1, 0.15) is 11.6 Å². The summed E-state index contributed by atoms with van der Waals surface area (Å²) in [5.41, 5.74) is 2.48. The van der Waals surface area contributed by atoms with Gasteiger partial charge >= 0.3 is 0 Å². The number of carbonyl (C=O) groups excluding carboxylic acids is 1. The summed E-state index contributed by atoms with van der Waals surface area (Å²) in [5, 5.41) is 7.27. The fourth-order valence-corrected chi connectivity index (χ4v) is 4.15. The minimum absolute atomic E-state index is 0.0749. The molecule has 0 saturated heterocycles. The Morgan fingerprint density at radius 3 is 2.50 bits per heavy atom. The molecule has 0 aliphatic heterocycles. The predicted molar refractivity (Wildman–Crippen MR) is 116 cm³/mol. The van der Waals surface area contributed by atoms with Gasteiger partial charge in [-0.25, -0.2) is 4.68 Å². The number of rotatable bonds is 8. The summed E-state index contributed by atoms with van der Waals surface area (Å²) >= 11 is 0. The van der Waals surface area contributed by atoms with Gasteiger partial charge in [-0.2, -0.15) is 5.10 Å². The van der Waals surface area contributed by atoms with Crippen molar-refractivity contribution in [2.45, 2.75) is 12.3 Å². The highest BCUT2D eigenvalue weighted by atomic mass is 32.2. The fraction of sp³-hybridized carbons (Fsp3) is 0.136. The van der Waals surface area contributed by atoms with Crippen LogP contribution in [0.5, 0.6) is 0 Å². The van der Waals surface area contributed by atoms with Gasteiger partial charge in [0.05, 0.1) is 29.9 Å². The number of para-hydroxylation sites is 1. The number of hydrogen-bond acceptors (Lipinski definition) is 4. The highest BCUT2D eigenvalue weighted by Crippen LogP contribution is 2.21. The van der Waals surface area contributed by atoms with Crippen molar-refractivity contribution in [3.8, 4) is 11.5 Å². The predicted octanol–water partition coefficient (Wildman–Crippen LogP) is 2.62. The van der Waals surface area contributed by atoms with Crippen LogP contribution >= 0.6 is 0 Å². The molecule has 0 bridgehead atoms. The minimum Gasteiger partial charge on any atom is -0.350 e. The molecule has 0 aliphatic rings. The van der Waals surface area contributed by atoms with Crippen LogP contribution in [0.3, 0.4) is 0 Å². The zero-order chi connectivity index (χ0) is 20.8. The number of amides is 1. The third-order valence-corrected chi connectivity index (χ3v) is 5.69. The van der Waals surface area contributed by atoms with E-state index in [2.05, 4.69) is 15.4 Å². The summed E-state index contributed by atoms with van der Waals surface area (Å²) < 4.78 is 16.4. The summed E-state index contributed by atoms with van der Waals surface area (Å²) in [6.07, 6.45) is 7.23. The molecule has 0 fully saturated rings. The highest BCUT2D eigenvalue weighted by molar-refractivity contribution is 7.84. The van der Waals surface area contributed by atoms with E-state index in [0.717, 1.165) is 22.8 Å². The maximum atomic E-state index is 12.7. The van der Waals surface area contributed by atoms with E-state index in [1.54, 1.807) is 12.4 Å². The molecule has 0 aliphatic carbocycles. The van der Waals surface area contributed by atoms with Gasteiger partial charge in [0.2, 0.25) is 5.91 Å². The first kappa shape index (κ1) is 19.8. The number of benzene rings is 1. The van der Waals surface area contributed by atoms with E-state index in [4.69, 9.17) is 0 Å². The van der Waals surface area contributed by atoms with Crippen LogP contribution in [-0.2, 0) is 27.9 Å². The topological polar surface area (TPSA) is 81.8 Å². The molecule has 7 nitrogen and oxygen atoms in total. The summed E-state index contributed by atoms with van der Waals surface area (Å²) in [5.74, 6) is 0.705. The molecule has 0 radical (unpaired) electrons. The van der Waals surface area contributed by atoms with Gasteiger partial charge in [0, 0.05) is 35.0 Å². The van der Waals surface area contributed by atoms with Crippen molar-refractivity contribution in [2.24, 2.45) is 0 Å². The Labute approximate surface area is 176 Å².